The molecule has 3 amide bonds. The maximum atomic E-state index is 12.0. The van der Waals surface area contributed by atoms with Crippen LogP contribution in [0.1, 0.15) is 5.56 Å². The number of anilines is 1. The van der Waals surface area contributed by atoms with E-state index in [9.17, 15) is 9.59 Å². The quantitative estimate of drug-likeness (QED) is 0.854. The zero-order chi connectivity index (χ0) is 17.4. The largest absolute Gasteiger partial charge is 0.497 e. The molecule has 6 nitrogen and oxygen atoms in total. The molecule has 0 fully saturated rings. The van der Waals surface area contributed by atoms with Crippen LogP contribution in [0, 0.1) is 0 Å². The van der Waals surface area contributed by atoms with E-state index in [4.69, 9.17) is 4.74 Å². The van der Waals surface area contributed by atoms with E-state index in [-0.39, 0.29) is 18.5 Å². The third-order valence-corrected chi connectivity index (χ3v) is 3.50. The lowest BCUT2D eigenvalue weighted by atomic mass is 10.2. The fraction of sp³-hybridized carbons (Fsp3) is 0.222. The summed E-state index contributed by atoms with van der Waals surface area (Å²) >= 11 is 0. The van der Waals surface area contributed by atoms with Crippen LogP contribution in [0.15, 0.2) is 54.6 Å². The van der Waals surface area contributed by atoms with Gasteiger partial charge >= 0.3 is 6.03 Å². The van der Waals surface area contributed by atoms with Crippen molar-refractivity contribution in [3.63, 3.8) is 0 Å². The van der Waals surface area contributed by atoms with Crippen molar-refractivity contribution in [3.05, 3.63) is 60.2 Å². The van der Waals surface area contributed by atoms with Gasteiger partial charge in [-0.2, -0.15) is 0 Å². The maximum Gasteiger partial charge on any atom is 0.322 e. The molecule has 126 valence electrons. The molecule has 0 radical (unpaired) electrons. The van der Waals surface area contributed by atoms with Gasteiger partial charge in [0, 0.05) is 19.3 Å². The smallest absolute Gasteiger partial charge is 0.322 e. The molecule has 2 rings (SSSR count). The van der Waals surface area contributed by atoms with Crippen LogP contribution < -0.4 is 20.3 Å². The molecule has 2 aromatic carbocycles. The van der Waals surface area contributed by atoms with Crippen molar-refractivity contribution in [1.82, 2.24) is 10.6 Å². The van der Waals surface area contributed by atoms with Gasteiger partial charge in [0.1, 0.15) is 5.75 Å². The SMILES string of the molecule is COc1ccc(CNC(=O)CNC(=O)N(C)c2ccccc2)cc1. The van der Waals surface area contributed by atoms with Gasteiger partial charge in [0.25, 0.3) is 0 Å². The molecule has 0 heterocycles. The molecule has 0 aliphatic heterocycles. The number of hydrogen-bond acceptors (Lipinski definition) is 3. The molecular weight excluding hydrogens is 306 g/mol. The van der Waals surface area contributed by atoms with Gasteiger partial charge in [0.05, 0.1) is 13.7 Å². The number of rotatable bonds is 6. The number of benzene rings is 2. The van der Waals surface area contributed by atoms with Crippen LogP contribution in [0.5, 0.6) is 5.75 Å². The highest BCUT2D eigenvalue weighted by molar-refractivity contribution is 5.93. The minimum absolute atomic E-state index is 0.0772. The van der Waals surface area contributed by atoms with Crippen molar-refractivity contribution in [3.8, 4) is 5.75 Å². The third-order valence-electron chi connectivity index (χ3n) is 3.50. The zero-order valence-corrected chi connectivity index (χ0v) is 13.8. The van der Waals surface area contributed by atoms with E-state index in [1.54, 1.807) is 14.2 Å². The molecular formula is C18H21N3O3. The van der Waals surface area contributed by atoms with E-state index in [2.05, 4.69) is 10.6 Å². The molecule has 0 saturated carbocycles. The number of nitrogens with zero attached hydrogens (tertiary/aromatic N) is 1. The minimum Gasteiger partial charge on any atom is -0.497 e. The first-order valence-corrected chi connectivity index (χ1v) is 7.56. The van der Waals surface area contributed by atoms with E-state index in [1.807, 2.05) is 54.6 Å². The number of urea groups is 1. The van der Waals surface area contributed by atoms with Crippen LogP contribution >= 0.6 is 0 Å². The van der Waals surface area contributed by atoms with Crippen LogP contribution in [0.4, 0.5) is 10.5 Å². The molecule has 0 atom stereocenters. The average molecular weight is 327 g/mol. The van der Waals surface area contributed by atoms with Crippen LogP contribution in [0.2, 0.25) is 0 Å². The topological polar surface area (TPSA) is 70.7 Å². The van der Waals surface area contributed by atoms with Crippen LogP contribution in [-0.2, 0) is 11.3 Å². The number of ether oxygens (including phenoxy) is 1. The number of nitrogens with one attached hydrogen (secondary N) is 2. The predicted molar refractivity (Wildman–Crippen MR) is 93.1 cm³/mol. The molecule has 6 heteroatoms. The van der Waals surface area contributed by atoms with Crippen molar-refractivity contribution in [1.29, 1.82) is 0 Å². The van der Waals surface area contributed by atoms with Crippen molar-refractivity contribution in [2.45, 2.75) is 6.54 Å². The number of methoxy groups -OCH3 is 1. The Morgan fingerprint density at radius 1 is 1.00 bits per heavy atom. The predicted octanol–water partition coefficient (Wildman–Crippen LogP) is 2.16. The van der Waals surface area contributed by atoms with E-state index in [1.165, 1.54) is 4.90 Å². The molecule has 0 bridgehead atoms. The number of carbonyl (C=O) groups excluding carboxylic acids is 2. The van der Waals surface area contributed by atoms with Crippen molar-refractivity contribution >= 4 is 17.6 Å². The summed E-state index contributed by atoms with van der Waals surface area (Å²) in [6.45, 7) is 0.319. The summed E-state index contributed by atoms with van der Waals surface area (Å²) < 4.78 is 5.08. The molecule has 0 aliphatic carbocycles. The first kappa shape index (κ1) is 17.3. The van der Waals surface area contributed by atoms with Gasteiger partial charge in [-0.1, -0.05) is 30.3 Å². The van der Waals surface area contributed by atoms with Crippen molar-refractivity contribution in [2.24, 2.45) is 0 Å². The highest BCUT2D eigenvalue weighted by Gasteiger charge is 2.11. The molecule has 2 N–H and O–H groups in total. The van der Waals surface area contributed by atoms with Gasteiger partial charge in [-0.3, -0.25) is 9.69 Å². The first-order valence-electron chi connectivity index (χ1n) is 7.56. The maximum absolute atomic E-state index is 12.0. The van der Waals surface area contributed by atoms with Crippen LogP contribution in [0.3, 0.4) is 0 Å². The average Bonchev–Trinajstić information content (AvgIpc) is 2.64. The fourth-order valence-electron chi connectivity index (χ4n) is 2.05. The Balaban J connectivity index is 1.75. The monoisotopic (exact) mass is 327 g/mol. The highest BCUT2D eigenvalue weighted by Crippen LogP contribution is 2.11. The Morgan fingerprint density at radius 2 is 1.67 bits per heavy atom. The van der Waals surface area contributed by atoms with Gasteiger partial charge in [0.2, 0.25) is 5.91 Å². The summed E-state index contributed by atoms with van der Waals surface area (Å²) in [6, 6.07) is 16.3. The second-order valence-corrected chi connectivity index (χ2v) is 5.18. The fourth-order valence-corrected chi connectivity index (χ4v) is 2.05. The van der Waals surface area contributed by atoms with Crippen molar-refractivity contribution < 1.29 is 14.3 Å². The Hall–Kier alpha value is -3.02. The van der Waals surface area contributed by atoms with Crippen molar-refractivity contribution in [2.75, 3.05) is 25.6 Å². The summed E-state index contributed by atoms with van der Waals surface area (Å²) in [5, 5.41) is 5.35. The molecule has 24 heavy (non-hydrogen) atoms. The van der Waals surface area contributed by atoms with Crippen LogP contribution in [0.25, 0.3) is 0 Å². The standard InChI is InChI=1S/C18H21N3O3/c1-21(15-6-4-3-5-7-15)18(23)20-13-17(22)19-12-14-8-10-16(24-2)11-9-14/h3-11H,12-13H2,1-2H3,(H,19,22)(H,20,23). The number of amides is 3. The number of carbonyl (C=O) groups is 2. The number of para-hydroxylation sites is 1. The molecule has 2 aromatic rings. The summed E-state index contributed by atoms with van der Waals surface area (Å²) in [5.41, 5.74) is 1.71. The van der Waals surface area contributed by atoms with Gasteiger partial charge in [-0.15, -0.1) is 0 Å². The molecule has 0 aromatic heterocycles. The normalized spacial score (nSPS) is 9.92. The Kier molecular flexibility index (Phi) is 6.19. The van der Waals surface area contributed by atoms with Gasteiger partial charge < -0.3 is 15.4 Å². The summed E-state index contributed by atoms with van der Waals surface area (Å²) in [7, 11) is 3.26. The highest BCUT2D eigenvalue weighted by atomic mass is 16.5. The Bertz CT molecular complexity index is 672. The summed E-state index contributed by atoms with van der Waals surface area (Å²) in [5.74, 6) is 0.516. The first-order chi connectivity index (χ1) is 11.6. The molecule has 0 unspecified atom stereocenters. The second-order valence-electron chi connectivity index (χ2n) is 5.18. The lowest BCUT2D eigenvalue weighted by Crippen LogP contribution is -2.42. The Labute approximate surface area is 141 Å². The second kappa shape index (κ2) is 8.57. The van der Waals surface area contributed by atoms with Gasteiger partial charge in [0.15, 0.2) is 0 Å². The molecule has 0 aliphatic rings. The molecule has 0 spiro atoms. The third kappa shape index (κ3) is 5.01. The Morgan fingerprint density at radius 3 is 2.29 bits per heavy atom. The van der Waals surface area contributed by atoms with E-state index in [0.29, 0.717) is 6.54 Å². The number of hydrogen-bond donors (Lipinski definition) is 2. The van der Waals surface area contributed by atoms with Gasteiger partial charge in [-0.25, -0.2) is 4.79 Å². The van der Waals surface area contributed by atoms with E-state index < -0.39 is 0 Å². The lowest BCUT2D eigenvalue weighted by molar-refractivity contribution is -0.120. The lowest BCUT2D eigenvalue weighted by Gasteiger charge is -2.17. The summed E-state index contributed by atoms with van der Waals surface area (Å²) in [4.78, 5) is 25.3. The minimum atomic E-state index is -0.333. The van der Waals surface area contributed by atoms with Crippen LogP contribution in [-0.4, -0.2) is 32.6 Å². The van der Waals surface area contributed by atoms with Gasteiger partial charge in [-0.05, 0) is 29.8 Å². The molecule has 0 saturated heterocycles. The van der Waals surface area contributed by atoms with E-state index >= 15 is 0 Å². The summed E-state index contributed by atoms with van der Waals surface area (Å²) in [6.07, 6.45) is 0. The zero-order valence-electron chi connectivity index (χ0n) is 13.8. The van der Waals surface area contributed by atoms with E-state index in [0.717, 1.165) is 17.0 Å².